The summed E-state index contributed by atoms with van der Waals surface area (Å²) in [5, 5.41) is 10.9. The van der Waals surface area contributed by atoms with Gasteiger partial charge < -0.3 is 0 Å². The first-order chi connectivity index (χ1) is 6.06. The van der Waals surface area contributed by atoms with Gasteiger partial charge in [-0.25, -0.2) is 4.98 Å². The lowest BCUT2D eigenvalue weighted by Crippen LogP contribution is -1.97. The second-order valence-corrected chi connectivity index (χ2v) is 3.01. The van der Waals surface area contributed by atoms with Crippen LogP contribution in [0.4, 0.5) is 5.69 Å². The molecule has 0 spiro atoms. The Morgan fingerprint density at radius 3 is 2.77 bits per heavy atom. The Labute approximate surface area is 80.7 Å². The van der Waals surface area contributed by atoms with Crippen molar-refractivity contribution in [2.24, 2.45) is 0 Å². The fraction of sp³-hybridized carbons (Fsp3) is 0.375. The second kappa shape index (κ2) is 3.70. The van der Waals surface area contributed by atoms with E-state index in [9.17, 15) is 10.1 Å². The molecule has 0 aromatic carbocycles. The highest BCUT2D eigenvalue weighted by Crippen LogP contribution is 2.23. The summed E-state index contributed by atoms with van der Waals surface area (Å²) in [5.41, 5.74) is 1.09. The Bertz CT molecular complexity index is 352. The first-order valence-corrected chi connectivity index (χ1v) is 4.24. The van der Waals surface area contributed by atoms with Crippen LogP contribution in [0.15, 0.2) is 6.07 Å². The zero-order chi connectivity index (χ0) is 10.0. The van der Waals surface area contributed by atoms with Crippen LogP contribution in [0.1, 0.15) is 18.2 Å². The van der Waals surface area contributed by atoms with Crippen molar-refractivity contribution in [1.82, 2.24) is 4.98 Å². The highest BCUT2D eigenvalue weighted by molar-refractivity contribution is 6.30. The van der Waals surface area contributed by atoms with Gasteiger partial charge in [-0.2, -0.15) is 0 Å². The average Bonchev–Trinajstić information content (AvgIpc) is 2.03. The van der Waals surface area contributed by atoms with Crippen LogP contribution in [0.25, 0.3) is 0 Å². The predicted molar refractivity (Wildman–Crippen MR) is 50.0 cm³/mol. The van der Waals surface area contributed by atoms with Gasteiger partial charge in [0.25, 0.3) is 5.69 Å². The predicted octanol–water partition coefficient (Wildman–Crippen LogP) is 2.51. The van der Waals surface area contributed by atoms with E-state index in [1.54, 1.807) is 6.92 Å². The smallest absolute Gasteiger partial charge is 0.258 e. The molecule has 0 atom stereocenters. The van der Waals surface area contributed by atoms with Crippen LogP contribution in [0, 0.1) is 17.0 Å². The number of hydrogen-bond donors (Lipinski definition) is 0. The lowest BCUT2D eigenvalue weighted by Gasteiger charge is -2.01. The van der Waals surface area contributed by atoms with E-state index in [0.717, 1.165) is 0 Å². The van der Waals surface area contributed by atoms with E-state index >= 15 is 0 Å². The monoisotopic (exact) mass is 200 g/mol. The van der Waals surface area contributed by atoms with E-state index in [1.165, 1.54) is 6.07 Å². The summed E-state index contributed by atoms with van der Waals surface area (Å²) in [6, 6.07) is 1.48. The topological polar surface area (TPSA) is 56.0 Å². The Kier molecular flexibility index (Phi) is 2.83. The maximum absolute atomic E-state index is 10.5. The normalized spacial score (nSPS) is 10.1. The Morgan fingerprint density at radius 2 is 2.31 bits per heavy atom. The zero-order valence-electron chi connectivity index (χ0n) is 7.37. The molecule has 5 heteroatoms. The standard InChI is InChI=1S/C8H9ClN2O2/c1-3-6-4-7(11(12)13)5(2)10-8(6)9/h4H,3H2,1-2H3. The SMILES string of the molecule is CCc1cc([N+](=O)[O-])c(C)nc1Cl. The summed E-state index contributed by atoms with van der Waals surface area (Å²) in [7, 11) is 0. The molecule has 0 saturated carbocycles. The van der Waals surface area contributed by atoms with Gasteiger partial charge in [-0.05, 0) is 18.9 Å². The fourth-order valence-electron chi connectivity index (χ4n) is 1.04. The molecule has 4 nitrogen and oxygen atoms in total. The Morgan fingerprint density at radius 1 is 1.69 bits per heavy atom. The number of nitro groups is 1. The number of nitrogens with zero attached hydrogens (tertiary/aromatic N) is 2. The largest absolute Gasteiger partial charge is 0.290 e. The van der Waals surface area contributed by atoms with Crippen LogP contribution in [0.3, 0.4) is 0 Å². The lowest BCUT2D eigenvalue weighted by molar-refractivity contribution is -0.385. The average molecular weight is 201 g/mol. The van der Waals surface area contributed by atoms with Crippen LogP contribution in [-0.4, -0.2) is 9.91 Å². The third-order valence-electron chi connectivity index (χ3n) is 1.79. The molecular formula is C8H9ClN2O2. The van der Waals surface area contributed by atoms with Gasteiger partial charge in [0.15, 0.2) is 0 Å². The van der Waals surface area contributed by atoms with Gasteiger partial charge in [-0.1, -0.05) is 18.5 Å². The van der Waals surface area contributed by atoms with Gasteiger partial charge in [0.05, 0.1) is 4.92 Å². The van der Waals surface area contributed by atoms with Gasteiger partial charge >= 0.3 is 0 Å². The Hall–Kier alpha value is -1.16. The molecule has 0 saturated heterocycles. The molecule has 1 aromatic rings. The third-order valence-corrected chi connectivity index (χ3v) is 2.12. The summed E-state index contributed by atoms with van der Waals surface area (Å²) in [4.78, 5) is 14.0. The summed E-state index contributed by atoms with van der Waals surface area (Å²) in [6.45, 7) is 3.45. The molecule has 0 fully saturated rings. The first kappa shape index (κ1) is 9.92. The fourth-order valence-corrected chi connectivity index (χ4v) is 1.35. The van der Waals surface area contributed by atoms with Crippen molar-refractivity contribution >= 4 is 17.3 Å². The second-order valence-electron chi connectivity index (χ2n) is 2.65. The highest BCUT2D eigenvalue weighted by atomic mass is 35.5. The first-order valence-electron chi connectivity index (χ1n) is 3.86. The quantitative estimate of drug-likeness (QED) is 0.419. The molecule has 0 aliphatic carbocycles. The van der Waals surface area contributed by atoms with Crippen LogP contribution in [0.5, 0.6) is 0 Å². The highest BCUT2D eigenvalue weighted by Gasteiger charge is 2.14. The summed E-state index contributed by atoms with van der Waals surface area (Å²) in [6.07, 6.45) is 0.646. The molecule has 0 bridgehead atoms. The van der Waals surface area contributed by atoms with Crippen LogP contribution in [-0.2, 0) is 6.42 Å². The van der Waals surface area contributed by atoms with Gasteiger partial charge in [-0.15, -0.1) is 0 Å². The van der Waals surface area contributed by atoms with Crippen LogP contribution in [0.2, 0.25) is 5.15 Å². The minimum Gasteiger partial charge on any atom is -0.258 e. The summed E-state index contributed by atoms with van der Waals surface area (Å²) < 4.78 is 0. The maximum Gasteiger partial charge on any atom is 0.290 e. The third kappa shape index (κ3) is 1.95. The number of hydrogen-bond acceptors (Lipinski definition) is 3. The summed E-state index contributed by atoms with van der Waals surface area (Å²) >= 11 is 5.77. The number of halogens is 1. The number of rotatable bonds is 2. The molecule has 0 amide bonds. The molecule has 1 aromatic heterocycles. The van der Waals surface area contributed by atoms with E-state index in [2.05, 4.69) is 4.98 Å². The van der Waals surface area contributed by atoms with Crippen molar-refractivity contribution in [3.05, 3.63) is 32.6 Å². The van der Waals surface area contributed by atoms with Crippen molar-refractivity contribution in [3.8, 4) is 0 Å². The van der Waals surface area contributed by atoms with Gasteiger partial charge in [0, 0.05) is 6.07 Å². The van der Waals surface area contributed by atoms with E-state index < -0.39 is 4.92 Å². The van der Waals surface area contributed by atoms with Gasteiger partial charge in [0.2, 0.25) is 0 Å². The minimum absolute atomic E-state index is 0.0289. The van der Waals surface area contributed by atoms with E-state index in [1.807, 2.05) is 6.92 Å². The van der Waals surface area contributed by atoms with E-state index in [-0.39, 0.29) is 5.69 Å². The van der Waals surface area contributed by atoms with Crippen molar-refractivity contribution in [2.45, 2.75) is 20.3 Å². The minimum atomic E-state index is -0.447. The molecule has 0 unspecified atom stereocenters. The molecule has 0 N–H and O–H groups in total. The number of aromatic nitrogens is 1. The maximum atomic E-state index is 10.5. The van der Waals surface area contributed by atoms with Crippen molar-refractivity contribution in [1.29, 1.82) is 0 Å². The zero-order valence-corrected chi connectivity index (χ0v) is 8.13. The molecular weight excluding hydrogens is 192 g/mol. The molecule has 1 rings (SSSR count). The Balaban J connectivity index is 3.30. The molecule has 13 heavy (non-hydrogen) atoms. The molecule has 70 valence electrons. The van der Waals surface area contributed by atoms with Gasteiger partial charge in [0.1, 0.15) is 10.8 Å². The van der Waals surface area contributed by atoms with Crippen LogP contribution >= 0.6 is 11.6 Å². The lowest BCUT2D eigenvalue weighted by atomic mass is 10.2. The number of pyridine rings is 1. The molecule has 0 aliphatic rings. The van der Waals surface area contributed by atoms with Crippen molar-refractivity contribution < 1.29 is 4.92 Å². The van der Waals surface area contributed by atoms with Crippen molar-refractivity contribution in [2.75, 3.05) is 0 Å². The van der Waals surface area contributed by atoms with Gasteiger partial charge in [-0.3, -0.25) is 10.1 Å². The van der Waals surface area contributed by atoms with E-state index in [4.69, 9.17) is 11.6 Å². The van der Waals surface area contributed by atoms with Crippen LogP contribution < -0.4 is 0 Å². The molecule has 1 heterocycles. The summed E-state index contributed by atoms with van der Waals surface area (Å²) in [5.74, 6) is 0. The molecule has 0 radical (unpaired) electrons. The number of aryl methyl sites for hydroxylation is 2. The molecule has 0 aliphatic heterocycles. The van der Waals surface area contributed by atoms with E-state index in [0.29, 0.717) is 22.8 Å². The van der Waals surface area contributed by atoms with Crippen molar-refractivity contribution in [3.63, 3.8) is 0 Å².